The Labute approximate surface area is 399 Å². The van der Waals surface area contributed by atoms with Crippen LogP contribution in [0.2, 0.25) is 0 Å². The number of aliphatic hydroxyl groups is 2. The molecule has 1 amide bonds. The number of carbonyl (C=O) groups is 2. The highest BCUT2D eigenvalue weighted by molar-refractivity contribution is 5.76. The van der Waals surface area contributed by atoms with E-state index >= 15 is 0 Å². The Morgan fingerprint density at radius 1 is 0.422 bits per heavy atom. The van der Waals surface area contributed by atoms with Crippen LogP contribution in [0, 0.1) is 0 Å². The van der Waals surface area contributed by atoms with E-state index in [1.54, 1.807) is 6.08 Å². The van der Waals surface area contributed by atoms with E-state index in [-0.39, 0.29) is 18.5 Å². The van der Waals surface area contributed by atoms with Gasteiger partial charge < -0.3 is 20.3 Å². The first-order chi connectivity index (χ1) is 31.5. The summed E-state index contributed by atoms with van der Waals surface area (Å²) in [6, 6.07) is -0.641. The van der Waals surface area contributed by atoms with Gasteiger partial charge in [0.2, 0.25) is 5.91 Å². The number of allylic oxidation sites excluding steroid dienone is 1. The molecule has 0 aliphatic carbocycles. The van der Waals surface area contributed by atoms with Crippen molar-refractivity contribution in [2.45, 2.75) is 334 Å². The molecule has 0 aliphatic heterocycles. The van der Waals surface area contributed by atoms with E-state index in [0.29, 0.717) is 19.4 Å². The van der Waals surface area contributed by atoms with Crippen LogP contribution in [0.3, 0.4) is 0 Å². The Morgan fingerprint density at radius 2 is 0.719 bits per heavy atom. The van der Waals surface area contributed by atoms with E-state index in [0.717, 1.165) is 57.8 Å². The fourth-order valence-corrected chi connectivity index (χ4v) is 9.11. The van der Waals surface area contributed by atoms with Crippen LogP contribution in [0.25, 0.3) is 0 Å². The number of esters is 1. The maximum atomic E-state index is 12.5. The van der Waals surface area contributed by atoms with Gasteiger partial charge in [0.25, 0.3) is 0 Å². The van der Waals surface area contributed by atoms with Gasteiger partial charge in [-0.05, 0) is 32.1 Å². The van der Waals surface area contributed by atoms with E-state index < -0.39 is 12.1 Å². The minimum atomic E-state index is -0.856. The Hall–Kier alpha value is -1.40. The number of unbranched alkanes of at least 4 members (excludes halogenated alkanes) is 43. The molecule has 6 nitrogen and oxygen atoms in total. The molecular formula is C58H113NO5. The molecule has 0 aromatic carbocycles. The lowest BCUT2D eigenvalue weighted by Crippen LogP contribution is -2.45. The fourth-order valence-electron chi connectivity index (χ4n) is 9.11. The smallest absolute Gasteiger partial charge is 0.305 e. The highest BCUT2D eigenvalue weighted by Crippen LogP contribution is 2.17. The lowest BCUT2D eigenvalue weighted by atomic mass is 10.0. The first-order valence-corrected chi connectivity index (χ1v) is 29.0. The second-order valence-electron chi connectivity index (χ2n) is 20.0. The molecule has 0 aromatic heterocycles. The molecule has 0 spiro atoms. The average Bonchev–Trinajstić information content (AvgIpc) is 3.29. The van der Waals surface area contributed by atoms with Gasteiger partial charge in [0.15, 0.2) is 0 Å². The third-order valence-electron chi connectivity index (χ3n) is 13.6. The van der Waals surface area contributed by atoms with Crippen LogP contribution in [0.1, 0.15) is 322 Å². The van der Waals surface area contributed by atoms with Crippen LogP contribution in [-0.2, 0) is 14.3 Å². The quantitative estimate of drug-likeness (QED) is 0.0321. The molecule has 2 unspecified atom stereocenters. The van der Waals surface area contributed by atoms with Gasteiger partial charge in [-0.25, -0.2) is 0 Å². The molecule has 0 fully saturated rings. The van der Waals surface area contributed by atoms with Crippen molar-refractivity contribution in [3.05, 3.63) is 12.2 Å². The van der Waals surface area contributed by atoms with Crippen LogP contribution in [0.4, 0.5) is 0 Å². The molecule has 64 heavy (non-hydrogen) atoms. The van der Waals surface area contributed by atoms with Crippen molar-refractivity contribution in [3.63, 3.8) is 0 Å². The molecule has 0 bridgehead atoms. The first-order valence-electron chi connectivity index (χ1n) is 29.0. The summed E-state index contributed by atoms with van der Waals surface area (Å²) in [5.74, 6) is -0.0959. The van der Waals surface area contributed by atoms with Gasteiger partial charge in [-0.3, -0.25) is 9.59 Å². The highest BCUT2D eigenvalue weighted by atomic mass is 16.5. The number of hydrogen-bond acceptors (Lipinski definition) is 5. The standard InChI is InChI=1S/C58H113NO5/c1-3-5-7-9-11-13-15-17-18-19-20-21-22-23-24-25-26-28-30-34-38-42-46-50-56(61)55(54-60)59-57(62)51-47-43-39-35-31-29-33-37-41-45-49-53-64-58(63)52-48-44-40-36-32-27-16-14-12-10-8-6-4-2/h46,50,55-56,60-61H,3-45,47-49,51-54H2,1-2H3,(H,59,62)/b50-46+. The van der Waals surface area contributed by atoms with Crippen LogP contribution in [-0.4, -0.2) is 47.4 Å². The van der Waals surface area contributed by atoms with Gasteiger partial charge in [0.05, 0.1) is 25.4 Å². The fraction of sp³-hybridized carbons (Fsp3) is 0.931. The van der Waals surface area contributed by atoms with Crippen molar-refractivity contribution in [1.29, 1.82) is 0 Å². The molecule has 0 rings (SSSR count). The molecule has 2 atom stereocenters. The monoisotopic (exact) mass is 904 g/mol. The Bertz CT molecular complexity index is 955. The molecule has 0 saturated heterocycles. The van der Waals surface area contributed by atoms with Crippen LogP contribution in [0.5, 0.6) is 0 Å². The summed E-state index contributed by atoms with van der Waals surface area (Å²) in [4.78, 5) is 24.5. The predicted octanol–water partition coefficient (Wildman–Crippen LogP) is 17.7. The number of rotatable bonds is 54. The minimum absolute atomic E-state index is 0.0129. The summed E-state index contributed by atoms with van der Waals surface area (Å²) in [5, 5.41) is 23.2. The van der Waals surface area contributed by atoms with Crippen molar-refractivity contribution < 1.29 is 24.5 Å². The van der Waals surface area contributed by atoms with E-state index in [4.69, 9.17) is 4.74 Å². The highest BCUT2D eigenvalue weighted by Gasteiger charge is 2.18. The summed E-state index contributed by atoms with van der Waals surface area (Å²) in [5.41, 5.74) is 0. The van der Waals surface area contributed by atoms with Crippen molar-refractivity contribution in [2.75, 3.05) is 13.2 Å². The zero-order valence-corrected chi connectivity index (χ0v) is 43.3. The lowest BCUT2D eigenvalue weighted by Gasteiger charge is -2.20. The normalized spacial score (nSPS) is 12.6. The number of hydrogen-bond donors (Lipinski definition) is 3. The van der Waals surface area contributed by atoms with Crippen LogP contribution >= 0.6 is 0 Å². The molecule has 0 aromatic rings. The van der Waals surface area contributed by atoms with E-state index in [1.807, 2.05) is 6.08 Å². The van der Waals surface area contributed by atoms with Crippen molar-refractivity contribution >= 4 is 11.9 Å². The number of ether oxygens (including phenoxy) is 1. The summed E-state index contributed by atoms with van der Waals surface area (Å²) >= 11 is 0. The van der Waals surface area contributed by atoms with Crippen molar-refractivity contribution in [1.82, 2.24) is 5.32 Å². The van der Waals surface area contributed by atoms with Gasteiger partial charge in [-0.2, -0.15) is 0 Å². The summed E-state index contributed by atoms with van der Waals surface area (Å²) in [6.45, 7) is 4.89. The van der Waals surface area contributed by atoms with Crippen LogP contribution in [0.15, 0.2) is 12.2 Å². The molecular weight excluding hydrogens is 791 g/mol. The number of nitrogens with one attached hydrogen (secondary N) is 1. The Morgan fingerprint density at radius 3 is 1.06 bits per heavy atom. The van der Waals surface area contributed by atoms with Gasteiger partial charge in [0, 0.05) is 12.8 Å². The SMILES string of the molecule is CCCCCCCCCCCCCCCCCCCCCCC/C=C/C(O)C(CO)NC(=O)CCCCCCCCCCCCCOC(=O)CCCCCCCCCCCCCCC. The molecule has 0 saturated carbocycles. The van der Waals surface area contributed by atoms with Gasteiger partial charge >= 0.3 is 5.97 Å². The topological polar surface area (TPSA) is 95.9 Å². The molecule has 0 heterocycles. The van der Waals surface area contributed by atoms with Gasteiger partial charge in [-0.1, -0.05) is 289 Å². The maximum absolute atomic E-state index is 12.5. The lowest BCUT2D eigenvalue weighted by molar-refractivity contribution is -0.143. The molecule has 0 aliphatic rings. The second kappa shape index (κ2) is 54.2. The number of aliphatic hydroxyl groups excluding tert-OH is 2. The summed E-state index contributed by atoms with van der Waals surface area (Å²) in [6.07, 6.45) is 63.7. The Kier molecular flexibility index (Phi) is 53.0. The predicted molar refractivity (Wildman–Crippen MR) is 278 cm³/mol. The third kappa shape index (κ3) is 50.0. The third-order valence-corrected chi connectivity index (χ3v) is 13.6. The zero-order chi connectivity index (χ0) is 46.5. The summed E-state index contributed by atoms with van der Waals surface area (Å²) in [7, 11) is 0. The molecule has 380 valence electrons. The van der Waals surface area contributed by atoms with Crippen molar-refractivity contribution in [3.8, 4) is 0 Å². The first kappa shape index (κ1) is 62.6. The van der Waals surface area contributed by atoms with Gasteiger partial charge in [0.1, 0.15) is 0 Å². The second-order valence-corrected chi connectivity index (χ2v) is 20.0. The minimum Gasteiger partial charge on any atom is -0.466 e. The molecule has 6 heteroatoms. The van der Waals surface area contributed by atoms with E-state index in [9.17, 15) is 19.8 Å². The molecule has 3 N–H and O–H groups in total. The van der Waals surface area contributed by atoms with E-state index in [2.05, 4.69) is 19.2 Å². The molecule has 0 radical (unpaired) electrons. The largest absolute Gasteiger partial charge is 0.466 e. The maximum Gasteiger partial charge on any atom is 0.305 e. The average molecular weight is 905 g/mol. The van der Waals surface area contributed by atoms with Crippen molar-refractivity contribution in [2.24, 2.45) is 0 Å². The van der Waals surface area contributed by atoms with Crippen LogP contribution < -0.4 is 5.32 Å². The van der Waals surface area contributed by atoms with Gasteiger partial charge in [-0.15, -0.1) is 0 Å². The zero-order valence-electron chi connectivity index (χ0n) is 43.3. The van der Waals surface area contributed by atoms with E-state index in [1.165, 1.54) is 238 Å². The summed E-state index contributed by atoms with van der Waals surface area (Å²) < 4.78 is 5.46. The number of amides is 1. The Balaban J connectivity index is 3.49. The number of carbonyl (C=O) groups excluding carboxylic acids is 2.